The lowest BCUT2D eigenvalue weighted by Gasteiger charge is -2.27. The van der Waals surface area contributed by atoms with Crippen LogP contribution in [0.1, 0.15) is 48.2 Å². The highest BCUT2D eigenvalue weighted by molar-refractivity contribution is 5.44. The Labute approximate surface area is 158 Å². The summed E-state index contributed by atoms with van der Waals surface area (Å²) in [6.07, 6.45) is 7.53. The van der Waals surface area contributed by atoms with Gasteiger partial charge in [0.15, 0.2) is 5.82 Å². The minimum absolute atomic E-state index is 0.0392. The Morgan fingerprint density at radius 1 is 1.04 bits per heavy atom. The minimum atomic E-state index is -0.0392. The van der Waals surface area contributed by atoms with Crippen molar-refractivity contribution in [2.24, 2.45) is 0 Å². The quantitative estimate of drug-likeness (QED) is 0.821. The van der Waals surface area contributed by atoms with Gasteiger partial charge in [0.1, 0.15) is 0 Å². The van der Waals surface area contributed by atoms with E-state index in [9.17, 15) is 4.79 Å². The molecule has 1 unspecified atom stereocenters. The van der Waals surface area contributed by atoms with Crippen LogP contribution >= 0.6 is 0 Å². The first-order valence-corrected chi connectivity index (χ1v) is 10.1. The van der Waals surface area contributed by atoms with Crippen molar-refractivity contribution >= 4 is 5.82 Å². The van der Waals surface area contributed by atoms with Gasteiger partial charge in [-0.3, -0.25) is 4.79 Å². The molecular weight excluding hydrogens is 342 g/mol. The van der Waals surface area contributed by atoms with Crippen molar-refractivity contribution in [1.82, 2.24) is 20.0 Å². The number of anilines is 1. The maximum atomic E-state index is 12.5. The molecule has 142 valence electrons. The van der Waals surface area contributed by atoms with Crippen molar-refractivity contribution in [1.29, 1.82) is 0 Å². The van der Waals surface area contributed by atoms with E-state index in [0.29, 0.717) is 19.8 Å². The van der Waals surface area contributed by atoms with Gasteiger partial charge >= 0.3 is 0 Å². The molecule has 2 aromatic rings. The molecule has 0 N–H and O–H groups in total. The highest BCUT2D eigenvalue weighted by Crippen LogP contribution is 2.28. The fourth-order valence-corrected chi connectivity index (χ4v) is 4.53. The zero-order chi connectivity index (χ0) is 18.2. The van der Waals surface area contributed by atoms with Gasteiger partial charge in [-0.2, -0.15) is 10.2 Å². The number of aryl methyl sites for hydroxylation is 2. The molecule has 2 aromatic heterocycles. The average molecular weight is 367 g/mol. The summed E-state index contributed by atoms with van der Waals surface area (Å²) in [4.78, 5) is 14.8. The summed E-state index contributed by atoms with van der Waals surface area (Å²) in [7, 11) is 0. The van der Waals surface area contributed by atoms with Gasteiger partial charge in [-0.1, -0.05) is 0 Å². The van der Waals surface area contributed by atoms with Gasteiger partial charge in [-0.15, -0.1) is 5.10 Å². The van der Waals surface area contributed by atoms with Crippen LogP contribution in [0.25, 0.3) is 0 Å². The second-order valence-electron chi connectivity index (χ2n) is 7.81. The Morgan fingerprint density at radius 2 is 1.96 bits per heavy atom. The second-order valence-corrected chi connectivity index (χ2v) is 7.81. The van der Waals surface area contributed by atoms with Crippen LogP contribution in [0.5, 0.6) is 0 Å². The number of ether oxygens (including phenoxy) is 1. The molecule has 1 aliphatic carbocycles. The van der Waals surface area contributed by atoms with Crippen LogP contribution in [0.3, 0.4) is 0 Å². The first-order valence-electron chi connectivity index (χ1n) is 10.1. The Morgan fingerprint density at radius 3 is 2.93 bits per heavy atom. The SMILES string of the molecule is O=c1cc2c(nn1CC1CCCN1c1cc3c(nn1)CCCC3)CCOC2. The summed E-state index contributed by atoms with van der Waals surface area (Å²) in [6, 6.07) is 4.16. The van der Waals surface area contributed by atoms with Crippen LogP contribution < -0.4 is 10.5 Å². The smallest absolute Gasteiger partial charge is 0.267 e. The van der Waals surface area contributed by atoms with Crippen molar-refractivity contribution in [3.05, 3.63) is 45.0 Å². The summed E-state index contributed by atoms with van der Waals surface area (Å²) in [5.74, 6) is 0.956. The van der Waals surface area contributed by atoms with Gasteiger partial charge < -0.3 is 9.64 Å². The molecule has 3 aliphatic rings. The van der Waals surface area contributed by atoms with Gasteiger partial charge in [-0.25, -0.2) is 4.68 Å². The predicted octanol–water partition coefficient (Wildman–Crippen LogP) is 1.65. The van der Waals surface area contributed by atoms with E-state index in [-0.39, 0.29) is 11.6 Å². The van der Waals surface area contributed by atoms with E-state index in [1.165, 1.54) is 18.4 Å². The van der Waals surface area contributed by atoms with Crippen LogP contribution in [0, 0.1) is 0 Å². The molecule has 0 saturated carbocycles. The Hall–Kier alpha value is -2.28. The third kappa shape index (κ3) is 3.25. The lowest BCUT2D eigenvalue weighted by molar-refractivity contribution is 0.108. The van der Waals surface area contributed by atoms with E-state index in [1.54, 1.807) is 10.7 Å². The molecule has 2 aliphatic heterocycles. The van der Waals surface area contributed by atoms with E-state index < -0.39 is 0 Å². The van der Waals surface area contributed by atoms with Gasteiger partial charge in [-0.05, 0) is 50.2 Å². The van der Waals surface area contributed by atoms with Crippen molar-refractivity contribution in [3.63, 3.8) is 0 Å². The molecule has 0 spiro atoms. The number of fused-ring (bicyclic) bond motifs is 2. The zero-order valence-electron chi connectivity index (χ0n) is 15.6. The molecule has 1 fully saturated rings. The maximum absolute atomic E-state index is 12.5. The molecule has 4 heterocycles. The Kier molecular flexibility index (Phi) is 4.39. The molecule has 7 nitrogen and oxygen atoms in total. The molecular formula is C20H25N5O2. The Bertz CT molecular complexity index is 910. The summed E-state index contributed by atoms with van der Waals surface area (Å²) in [5.41, 5.74) is 4.41. The van der Waals surface area contributed by atoms with Crippen molar-refractivity contribution in [2.75, 3.05) is 18.1 Å². The first-order chi connectivity index (χ1) is 13.3. The van der Waals surface area contributed by atoms with Crippen LogP contribution in [0.15, 0.2) is 16.9 Å². The van der Waals surface area contributed by atoms with Crippen molar-refractivity contribution in [2.45, 2.75) is 64.1 Å². The van der Waals surface area contributed by atoms with Gasteiger partial charge in [0, 0.05) is 24.6 Å². The van der Waals surface area contributed by atoms with E-state index in [4.69, 9.17) is 4.74 Å². The lowest BCUT2D eigenvalue weighted by atomic mass is 9.97. The fraction of sp³-hybridized carbons (Fsp3) is 0.600. The average Bonchev–Trinajstić information content (AvgIpc) is 3.16. The summed E-state index contributed by atoms with van der Waals surface area (Å²) < 4.78 is 7.07. The Balaban J connectivity index is 1.40. The van der Waals surface area contributed by atoms with Crippen LogP contribution in [-0.2, 0) is 37.2 Å². The second kappa shape index (κ2) is 7.03. The van der Waals surface area contributed by atoms with Gasteiger partial charge in [0.2, 0.25) is 0 Å². The minimum Gasteiger partial charge on any atom is -0.376 e. The van der Waals surface area contributed by atoms with Crippen LogP contribution in [0.2, 0.25) is 0 Å². The van der Waals surface area contributed by atoms with Crippen LogP contribution in [0.4, 0.5) is 5.82 Å². The number of rotatable bonds is 3. The normalized spacial score (nSPS) is 21.8. The van der Waals surface area contributed by atoms with E-state index in [1.807, 2.05) is 0 Å². The molecule has 0 aromatic carbocycles. The monoisotopic (exact) mass is 367 g/mol. The molecule has 5 rings (SSSR count). The topological polar surface area (TPSA) is 73.1 Å². The third-order valence-electron chi connectivity index (χ3n) is 6.02. The third-order valence-corrected chi connectivity index (χ3v) is 6.02. The number of aromatic nitrogens is 4. The lowest BCUT2D eigenvalue weighted by Crippen LogP contribution is -2.38. The molecule has 0 bridgehead atoms. The van der Waals surface area contributed by atoms with Gasteiger partial charge in [0.05, 0.1) is 37.2 Å². The molecule has 1 saturated heterocycles. The molecule has 1 atom stereocenters. The number of nitrogens with zero attached hydrogens (tertiary/aromatic N) is 5. The highest BCUT2D eigenvalue weighted by atomic mass is 16.5. The van der Waals surface area contributed by atoms with Crippen LogP contribution in [-0.4, -0.2) is 39.2 Å². The van der Waals surface area contributed by atoms with Crippen molar-refractivity contribution in [3.8, 4) is 0 Å². The fourth-order valence-electron chi connectivity index (χ4n) is 4.53. The predicted molar refractivity (Wildman–Crippen MR) is 101 cm³/mol. The number of hydrogen-bond acceptors (Lipinski definition) is 6. The molecule has 7 heteroatoms. The number of hydrogen-bond donors (Lipinski definition) is 0. The maximum Gasteiger partial charge on any atom is 0.267 e. The highest BCUT2D eigenvalue weighted by Gasteiger charge is 2.28. The van der Waals surface area contributed by atoms with Crippen molar-refractivity contribution < 1.29 is 4.74 Å². The van der Waals surface area contributed by atoms with E-state index in [2.05, 4.69) is 26.3 Å². The first kappa shape index (κ1) is 16.9. The summed E-state index contributed by atoms with van der Waals surface area (Å²) in [6.45, 7) is 2.74. The largest absolute Gasteiger partial charge is 0.376 e. The summed E-state index contributed by atoms with van der Waals surface area (Å²) in [5, 5.41) is 13.6. The standard InChI is InChI=1S/C20H25N5O2/c26-20-11-15-13-27-9-7-18(15)23-25(20)12-16-5-3-8-24(16)19-10-14-4-1-2-6-17(14)21-22-19/h10-11,16H,1-9,12-13H2. The van der Waals surface area contributed by atoms with E-state index in [0.717, 1.165) is 61.4 Å². The van der Waals surface area contributed by atoms with E-state index >= 15 is 0 Å². The summed E-state index contributed by atoms with van der Waals surface area (Å²) >= 11 is 0. The molecule has 27 heavy (non-hydrogen) atoms. The zero-order valence-corrected chi connectivity index (χ0v) is 15.6. The van der Waals surface area contributed by atoms with Gasteiger partial charge in [0.25, 0.3) is 5.56 Å². The molecule has 0 radical (unpaired) electrons. The molecule has 0 amide bonds.